The number of ether oxygens (including phenoxy) is 1. The predicted molar refractivity (Wildman–Crippen MR) is 80.7 cm³/mol. The van der Waals surface area contributed by atoms with Crippen molar-refractivity contribution < 1.29 is 18.8 Å². The van der Waals surface area contributed by atoms with E-state index in [0.717, 1.165) is 0 Å². The normalized spacial score (nSPS) is 10.5. The van der Waals surface area contributed by atoms with E-state index in [1.54, 1.807) is 6.07 Å². The van der Waals surface area contributed by atoms with Gasteiger partial charge in [-0.15, -0.1) is 0 Å². The van der Waals surface area contributed by atoms with Gasteiger partial charge in [-0.05, 0) is 12.1 Å². The summed E-state index contributed by atoms with van der Waals surface area (Å²) in [6.07, 6.45) is 1.17. The fraction of sp³-hybridized carbons (Fsp3) is 0.0667. The zero-order valence-electron chi connectivity index (χ0n) is 11.8. The molecule has 7 nitrogen and oxygen atoms in total. The second-order valence-electron chi connectivity index (χ2n) is 4.36. The van der Waals surface area contributed by atoms with E-state index in [0.29, 0.717) is 0 Å². The van der Waals surface area contributed by atoms with Gasteiger partial charge in [-0.1, -0.05) is 24.3 Å². The van der Waals surface area contributed by atoms with Crippen LogP contribution >= 0.6 is 0 Å². The molecule has 0 aliphatic carbocycles. The number of nitro benzene ring substituents is 1. The Labute approximate surface area is 130 Å². The van der Waals surface area contributed by atoms with Gasteiger partial charge in [0.25, 0.3) is 11.6 Å². The number of hydrazone groups is 1. The number of benzene rings is 2. The number of nitro groups is 1. The van der Waals surface area contributed by atoms with E-state index in [-0.39, 0.29) is 23.6 Å². The maximum absolute atomic E-state index is 13.3. The average Bonchev–Trinajstić information content (AvgIpc) is 2.55. The Morgan fingerprint density at radius 2 is 2.09 bits per heavy atom. The Morgan fingerprint density at radius 1 is 1.30 bits per heavy atom. The molecule has 0 radical (unpaired) electrons. The van der Waals surface area contributed by atoms with Crippen molar-refractivity contribution in [2.24, 2.45) is 5.10 Å². The van der Waals surface area contributed by atoms with Gasteiger partial charge in [-0.2, -0.15) is 5.10 Å². The van der Waals surface area contributed by atoms with E-state index in [1.807, 2.05) is 0 Å². The second kappa shape index (κ2) is 7.64. The maximum atomic E-state index is 13.3. The fourth-order valence-electron chi connectivity index (χ4n) is 1.62. The van der Waals surface area contributed by atoms with Gasteiger partial charge in [0.15, 0.2) is 6.61 Å². The molecule has 0 atom stereocenters. The van der Waals surface area contributed by atoms with Crippen molar-refractivity contribution in [3.63, 3.8) is 0 Å². The van der Waals surface area contributed by atoms with Gasteiger partial charge in [0.1, 0.15) is 11.6 Å². The van der Waals surface area contributed by atoms with Crippen LogP contribution < -0.4 is 10.2 Å². The maximum Gasteiger partial charge on any atom is 0.277 e. The van der Waals surface area contributed by atoms with E-state index >= 15 is 0 Å². The number of hydrogen-bond donors (Lipinski definition) is 1. The molecular formula is C15H12FN3O4. The molecular weight excluding hydrogens is 305 g/mol. The highest BCUT2D eigenvalue weighted by Crippen LogP contribution is 2.18. The average molecular weight is 317 g/mol. The summed E-state index contributed by atoms with van der Waals surface area (Å²) in [6, 6.07) is 11.4. The first-order chi connectivity index (χ1) is 11.1. The predicted octanol–water partition coefficient (Wildman–Crippen LogP) is 2.26. The summed E-state index contributed by atoms with van der Waals surface area (Å²) in [5, 5.41) is 14.2. The van der Waals surface area contributed by atoms with Crippen molar-refractivity contribution >= 4 is 17.8 Å². The molecule has 0 saturated carbocycles. The lowest BCUT2D eigenvalue weighted by molar-refractivity contribution is -0.384. The Hall–Kier alpha value is -3.29. The Bertz CT molecular complexity index is 749. The van der Waals surface area contributed by atoms with Crippen molar-refractivity contribution in [1.29, 1.82) is 0 Å². The summed E-state index contributed by atoms with van der Waals surface area (Å²) >= 11 is 0. The molecule has 23 heavy (non-hydrogen) atoms. The first-order valence-electron chi connectivity index (χ1n) is 6.50. The summed E-state index contributed by atoms with van der Waals surface area (Å²) in [6.45, 7) is -0.379. The van der Waals surface area contributed by atoms with Crippen LogP contribution in [0.1, 0.15) is 5.56 Å². The third-order valence-electron chi connectivity index (χ3n) is 2.70. The number of rotatable bonds is 6. The van der Waals surface area contributed by atoms with Crippen molar-refractivity contribution in [2.45, 2.75) is 0 Å². The van der Waals surface area contributed by atoms with Crippen LogP contribution in [0.15, 0.2) is 53.6 Å². The van der Waals surface area contributed by atoms with Crippen LogP contribution in [-0.4, -0.2) is 23.7 Å². The van der Waals surface area contributed by atoms with Gasteiger partial charge in [-0.25, -0.2) is 9.82 Å². The number of hydrogen-bond acceptors (Lipinski definition) is 5. The third-order valence-corrected chi connectivity index (χ3v) is 2.70. The lowest BCUT2D eigenvalue weighted by Crippen LogP contribution is -2.24. The number of nitrogens with zero attached hydrogens (tertiary/aromatic N) is 2. The molecule has 0 aliphatic heterocycles. The molecule has 8 heteroatoms. The number of halogens is 1. The summed E-state index contributed by atoms with van der Waals surface area (Å²) in [7, 11) is 0. The highest BCUT2D eigenvalue weighted by atomic mass is 19.1. The van der Waals surface area contributed by atoms with Crippen molar-refractivity contribution in [3.8, 4) is 5.75 Å². The largest absolute Gasteiger partial charge is 0.483 e. The molecule has 0 aliphatic rings. The molecule has 0 heterocycles. The molecule has 0 spiro atoms. The van der Waals surface area contributed by atoms with Crippen LogP contribution in [0.4, 0.5) is 10.1 Å². The molecule has 2 aromatic carbocycles. The second-order valence-corrected chi connectivity index (χ2v) is 4.36. The van der Waals surface area contributed by atoms with Crippen molar-refractivity contribution in [2.75, 3.05) is 6.61 Å². The molecule has 1 amide bonds. The molecule has 0 aromatic heterocycles. The molecule has 2 aromatic rings. The third kappa shape index (κ3) is 4.88. The molecule has 2 rings (SSSR count). The van der Waals surface area contributed by atoms with Crippen LogP contribution in [0.25, 0.3) is 0 Å². The van der Waals surface area contributed by atoms with Crippen LogP contribution in [0.5, 0.6) is 5.75 Å². The topological polar surface area (TPSA) is 93.8 Å². The number of nitrogens with one attached hydrogen (secondary N) is 1. The van der Waals surface area contributed by atoms with Crippen molar-refractivity contribution in [1.82, 2.24) is 5.43 Å². The van der Waals surface area contributed by atoms with Crippen LogP contribution in [0.3, 0.4) is 0 Å². The van der Waals surface area contributed by atoms with E-state index in [9.17, 15) is 19.3 Å². The zero-order chi connectivity index (χ0) is 16.7. The van der Waals surface area contributed by atoms with Gasteiger partial charge in [0, 0.05) is 11.6 Å². The fourth-order valence-corrected chi connectivity index (χ4v) is 1.62. The Morgan fingerprint density at radius 3 is 2.83 bits per heavy atom. The smallest absolute Gasteiger partial charge is 0.277 e. The number of non-ortho nitro benzene ring substituents is 1. The molecule has 0 saturated heterocycles. The molecule has 0 unspecified atom stereocenters. The number of carbonyl (C=O) groups is 1. The molecule has 0 bridgehead atoms. The quantitative estimate of drug-likeness (QED) is 0.502. The lowest BCUT2D eigenvalue weighted by atomic mass is 10.2. The van der Waals surface area contributed by atoms with Gasteiger partial charge < -0.3 is 4.74 Å². The van der Waals surface area contributed by atoms with E-state index < -0.39 is 16.6 Å². The summed E-state index contributed by atoms with van der Waals surface area (Å²) in [5.41, 5.74) is 2.26. The molecule has 118 valence electrons. The molecule has 0 fully saturated rings. The Kier molecular flexibility index (Phi) is 5.35. The Balaban J connectivity index is 1.85. The first-order valence-corrected chi connectivity index (χ1v) is 6.50. The van der Waals surface area contributed by atoms with E-state index in [2.05, 4.69) is 10.5 Å². The van der Waals surface area contributed by atoms with Crippen LogP contribution in [0.2, 0.25) is 0 Å². The number of amides is 1. The summed E-state index contributed by atoms with van der Waals surface area (Å²) < 4.78 is 18.4. The standard InChI is InChI=1S/C15H12FN3O4/c16-14-7-2-1-4-11(14)9-17-18-15(20)10-23-13-6-3-5-12(8-13)19(21)22/h1-9H,10H2,(H,18,20). The highest BCUT2D eigenvalue weighted by molar-refractivity contribution is 5.83. The van der Waals surface area contributed by atoms with Gasteiger partial charge in [0.2, 0.25) is 0 Å². The first kappa shape index (κ1) is 16.1. The number of carbonyl (C=O) groups excluding carboxylic acids is 1. The summed E-state index contributed by atoms with van der Waals surface area (Å²) in [5.74, 6) is -0.852. The monoisotopic (exact) mass is 317 g/mol. The van der Waals surface area contributed by atoms with E-state index in [4.69, 9.17) is 4.74 Å². The SMILES string of the molecule is O=C(COc1cccc([N+](=O)[O-])c1)NN=Cc1ccccc1F. The minimum absolute atomic E-state index is 0.138. The molecule has 1 N–H and O–H groups in total. The van der Waals surface area contributed by atoms with Gasteiger partial charge in [-0.3, -0.25) is 14.9 Å². The van der Waals surface area contributed by atoms with E-state index in [1.165, 1.54) is 48.7 Å². The zero-order valence-corrected chi connectivity index (χ0v) is 11.8. The van der Waals surface area contributed by atoms with Crippen molar-refractivity contribution in [3.05, 3.63) is 70.0 Å². The summed E-state index contributed by atoms with van der Waals surface area (Å²) in [4.78, 5) is 21.6. The van der Waals surface area contributed by atoms with Gasteiger partial charge >= 0.3 is 0 Å². The van der Waals surface area contributed by atoms with Gasteiger partial charge in [0.05, 0.1) is 17.2 Å². The lowest BCUT2D eigenvalue weighted by Gasteiger charge is -2.04. The van der Waals surface area contributed by atoms with Crippen LogP contribution in [0, 0.1) is 15.9 Å². The highest BCUT2D eigenvalue weighted by Gasteiger charge is 2.07. The minimum atomic E-state index is -0.580. The minimum Gasteiger partial charge on any atom is -0.483 e. The van der Waals surface area contributed by atoms with Crippen LogP contribution in [-0.2, 0) is 4.79 Å².